The molecule has 4 aromatic rings. The van der Waals surface area contributed by atoms with Crippen LogP contribution in [0.15, 0.2) is 18.5 Å². The monoisotopic (exact) mass is 366 g/mol. The van der Waals surface area contributed by atoms with Crippen molar-refractivity contribution in [3.05, 3.63) is 40.3 Å². The molecule has 0 bridgehead atoms. The van der Waals surface area contributed by atoms with Gasteiger partial charge < -0.3 is 15.5 Å². The molecule has 0 unspecified atom stereocenters. The van der Waals surface area contributed by atoms with Gasteiger partial charge in [0.2, 0.25) is 0 Å². The topological polar surface area (TPSA) is 106 Å². The predicted octanol–water partition coefficient (Wildman–Crippen LogP) is 3.63. The number of rotatable bonds is 2. The van der Waals surface area contributed by atoms with Crippen LogP contribution >= 0.6 is 11.6 Å². The van der Waals surface area contributed by atoms with Crippen molar-refractivity contribution in [1.29, 1.82) is 5.26 Å². The second kappa shape index (κ2) is 5.64. The van der Waals surface area contributed by atoms with Crippen LogP contribution in [-0.2, 0) is 0 Å². The van der Waals surface area contributed by atoms with Gasteiger partial charge >= 0.3 is 0 Å². The van der Waals surface area contributed by atoms with E-state index in [0.29, 0.717) is 27.9 Å². The minimum Gasteiger partial charge on any atom is -0.496 e. The number of aromatic nitrogens is 4. The number of nitrogens with two attached hydrogens (primary N) is 1. The molecule has 0 spiro atoms. The number of methoxy groups -OCH3 is 1. The first kappa shape index (κ1) is 16.2. The molecular weight excluding hydrogens is 352 g/mol. The number of pyridine rings is 1. The van der Waals surface area contributed by atoms with E-state index in [2.05, 4.69) is 21.0 Å². The summed E-state index contributed by atoms with van der Waals surface area (Å²) in [5.74, 6) is 1.03. The highest BCUT2D eigenvalue weighted by molar-refractivity contribution is 6.36. The van der Waals surface area contributed by atoms with Crippen molar-refractivity contribution in [2.24, 2.45) is 0 Å². The molecule has 0 fully saturated rings. The Kier molecular flexibility index (Phi) is 3.53. The largest absolute Gasteiger partial charge is 0.496 e. The Hall–Kier alpha value is -3.24. The van der Waals surface area contributed by atoms with Gasteiger partial charge in [-0.2, -0.15) is 5.26 Å². The van der Waals surface area contributed by atoms with Crippen molar-refractivity contribution in [2.45, 2.75) is 13.8 Å². The third-order valence-corrected chi connectivity index (χ3v) is 4.89. The number of nitrogens with one attached hydrogen (secondary N) is 1. The van der Waals surface area contributed by atoms with E-state index < -0.39 is 0 Å². The minimum atomic E-state index is 0.194. The van der Waals surface area contributed by atoms with Crippen LogP contribution in [0.25, 0.3) is 27.8 Å². The van der Waals surface area contributed by atoms with Gasteiger partial charge in [-0.3, -0.25) is 4.57 Å². The maximum atomic E-state index is 9.68. The standard InChI is InChI=1S/C18H15ClN6O/c1-8-4-5-11(26-3)9(2)14(8)25-15-12(10(6-20)17(25)21)16(19)24-18-13(15)22-7-23-18/h4-5,7H,21H2,1-3H3,(H,22,23,24). The van der Waals surface area contributed by atoms with E-state index >= 15 is 0 Å². The zero-order valence-electron chi connectivity index (χ0n) is 14.4. The Labute approximate surface area is 154 Å². The van der Waals surface area contributed by atoms with Gasteiger partial charge in [0.15, 0.2) is 5.65 Å². The lowest BCUT2D eigenvalue weighted by Crippen LogP contribution is -2.06. The second-order valence-electron chi connectivity index (χ2n) is 5.99. The number of nitrogen functional groups attached to an aromatic ring is 1. The van der Waals surface area contributed by atoms with Gasteiger partial charge in [0.05, 0.1) is 30.0 Å². The summed E-state index contributed by atoms with van der Waals surface area (Å²) in [4.78, 5) is 11.6. The van der Waals surface area contributed by atoms with Gasteiger partial charge in [-0.15, -0.1) is 0 Å². The molecule has 0 amide bonds. The number of anilines is 1. The normalized spacial score (nSPS) is 11.2. The van der Waals surface area contributed by atoms with E-state index in [1.54, 1.807) is 7.11 Å². The molecule has 0 saturated carbocycles. The molecule has 130 valence electrons. The Balaban J connectivity index is 2.29. The van der Waals surface area contributed by atoms with Crippen molar-refractivity contribution >= 4 is 39.5 Å². The zero-order valence-corrected chi connectivity index (χ0v) is 15.1. The number of imidazole rings is 1. The summed E-state index contributed by atoms with van der Waals surface area (Å²) >= 11 is 6.38. The Morgan fingerprint density at radius 1 is 1.35 bits per heavy atom. The molecule has 0 saturated heterocycles. The number of aryl methyl sites for hydroxylation is 1. The van der Waals surface area contributed by atoms with Gasteiger partial charge in [-0.05, 0) is 25.5 Å². The highest BCUT2D eigenvalue weighted by Gasteiger charge is 2.25. The molecule has 4 rings (SSSR count). The molecule has 8 heteroatoms. The number of hydrogen-bond acceptors (Lipinski definition) is 5. The summed E-state index contributed by atoms with van der Waals surface area (Å²) in [5, 5.41) is 10.4. The number of aromatic amines is 1. The zero-order chi connectivity index (χ0) is 18.6. The molecule has 3 aromatic heterocycles. The van der Waals surface area contributed by atoms with Crippen molar-refractivity contribution in [1.82, 2.24) is 19.5 Å². The van der Waals surface area contributed by atoms with E-state index in [1.165, 1.54) is 6.33 Å². The number of fused-ring (bicyclic) bond motifs is 3. The van der Waals surface area contributed by atoms with Crippen molar-refractivity contribution in [3.8, 4) is 17.5 Å². The molecule has 26 heavy (non-hydrogen) atoms. The lowest BCUT2D eigenvalue weighted by molar-refractivity contribution is 0.411. The molecule has 3 heterocycles. The first-order chi connectivity index (χ1) is 12.5. The summed E-state index contributed by atoms with van der Waals surface area (Å²) in [7, 11) is 1.62. The number of hydrogen-bond donors (Lipinski definition) is 2. The fourth-order valence-electron chi connectivity index (χ4n) is 3.45. The molecule has 3 N–H and O–H groups in total. The summed E-state index contributed by atoms with van der Waals surface area (Å²) in [5.41, 5.74) is 11.2. The molecule has 0 aliphatic carbocycles. The van der Waals surface area contributed by atoms with Gasteiger partial charge in [0, 0.05) is 5.56 Å². The first-order valence-electron chi connectivity index (χ1n) is 7.86. The third-order valence-electron chi connectivity index (χ3n) is 4.61. The quantitative estimate of drug-likeness (QED) is 0.527. The van der Waals surface area contributed by atoms with E-state index in [4.69, 9.17) is 22.1 Å². The van der Waals surface area contributed by atoms with Crippen LogP contribution in [0.5, 0.6) is 5.75 Å². The van der Waals surface area contributed by atoms with E-state index in [0.717, 1.165) is 22.6 Å². The van der Waals surface area contributed by atoms with Gasteiger partial charge in [0.1, 0.15) is 33.9 Å². The number of nitriles is 1. The Morgan fingerprint density at radius 2 is 2.12 bits per heavy atom. The minimum absolute atomic E-state index is 0.194. The fraction of sp³-hybridized carbons (Fsp3) is 0.167. The number of benzene rings is 1. The Bertz CT molecular complexity index is 1230. The molecule has 0 aliphatic heterocycles. The fourth-order valence-corrected chi connectivity index (χ4v) is 3.71. The summed E-state index contributed by atoms with van der Waals surface area (Å²) in [6.45, 7) is 3.93. The number of nitrogens with zero attached hydrogens (tertiary/aromatic N) is 4. The van der Waals surface area contributed by atoms with Crippen molar-refractivity contribution in [3.63, 3.8) is 0 Å². The predicted molar refractivity (Wildman–Crippen MR) is 101 cm³/mol. The maximum Gasteiger partial charge on any atom is 0.181 e. The van der Waals surface area contributed by atoms with Crippen LogP contribution in [0.2, 0.25) is 5.15 Å². The molecular formula is C18H15ClN6O. The van der Waals surface area contributed by atoms with Crippen molar-refractivity contribution < 1.29 is 4.74 Å². The average molecular weight is 367 g/mol. The highest BCUT2D eigenvalue weighted by Crippen LogP contribution is 2.40. The lowest BCUT2D eigenvalue weighted by Gasteiger charge is -2.17. The van der Waals surface area contributed by atoms with Crippen LogP contribution < -0.4 is 10.5 Å². The summed E-state index contributed by atoms with van der Waals surface area (Å²) in [6.07, 6.45) is 1.54. The third kappa shape index (κ3) is 1.99. The van der Waals surface area contributed by atoms with Crippen LogP contribution in [0.4, 0.5) is 5.82 Å². The number of ether oxygens (including phenoxy) is 1. The van der Waals surface area contributed by atoms with E-state index in [9.17, 15) is 5.26 Å². The Morgan fingerprint density at radius 3 is 2.81 bits per heavy atom. The number of halogens is 1. The van der Waals surface area contributed by atoms with Gasteiger partial charge in [-0.1, -0.05) is 17.7 Å². The van der Waals surface area contributed by atoms with Crippen LogP contribution in [0.3, 0.4) is 0 Å². The summed E-state index contributed by atoms with van der Waals surface area (Å²) < 4.78 is 7.29. The van der Waals surface area contributed by atoms with Crippen LogP contribution in [-0.4, -0.2) is 26.6 Å². The molecule has 1 aromatic carbocycles. The smallest absolute Gasteiger partial charge is 0.181 e. The number of H-pyrrole nitrogens is 1. The molecule has 0 aliphatic rings. The SMILES string of the molecule is COc1ccc(C)c(-n2c(N)c(C#N)c3c(Cl)nc4nc[nH]c4c32)c1C. The average Bonchev–Trinajstić information content (AvgIpc) is 3.18. The van der Waals surface area contributed by atoms with Crippen LogP contribution in [0.1, 0.15) is 16.7 Å². The van der Waals surface area contributed by atoms with Crippen molar-refractivity contribution in [2.75, 3.05) is 12.8 Å². The lowest BCUT2D eigenvalue weighted by atomic mass is 10.1. The van der Waals surface area contributed by atoms with Gasteiger partial charge in [-0.25, -0.2) is 9.97 Å². The molecule has 0 atom stereocenters. The van der Waals surface area contributed by atoms with Gasteiger partial charge in [0.25, 0.3) is 0 Å². The second-order valence-corrected chi connectivity index (χ2v) is 6.35. The van der Waals surface area contributed by atoms with E-state index in [1.807, 2.05) is 30.5 Å². The molecule has 7 nitrogen and oxygen atoms in total. The van der Waals surface area contributed by atoms with Crippen LogP contribution in [0, 0.1) is 25.2 Å². The first-order valence-corrected chi connectivity index (χ1v) is 8.24. The van der Waals surface area contributed by atoms with E-state index in [-0.39, 0.29) is 10.7 Å². The summed E-state index contributed by atoms with van der Waals surface area (Å²) in [6, 6.07) is 6.01. The highest BCUT2D eigenvalue weighted by atomic mass is 35.5. The maximum absolute atomic E-state index is 9.68. The molecule has 0 radical (unpaired) electrons.